The number of primary amides is 1. The molecule has 1 atom stereocenters. The Morgan fingerprint density at radius 1 is 1.39 bits per heavy atom. The molecule has 1 aromatic heterocycles. The minimum Gasteiger partial charge on any atom is -0.369 e. The van der Waals surface area contributed by atoms with Crippen molar-refractivity contribution in [1.29, 1.82) is 0 Å². The van der Waals surface area contributed by atoms with E-state index < -0.39 is 0 Å². The highest BCUT2D eigenvalue weighted by molar-refractivity contribution is 6.45. The first kappa shape index (κ1) is 11.9. The molecule has 0 spiro atoms. The molecule has 1 aromatic carbocycles. The summed E-state index contributed by atoms with van der Waals surface area (Å²) in [5.74, 6) is -0.348. The number of hydrogen-bond donors (Lipinski definition) is 2. The van der Waals surface area contributed by atoms with Gasteiger partial charge in [-0.3, -0.25) is 4.79 Å². The number of amides is 1. The Balaban J connectivity index is 2.20. The summed E-state index contributed by atoms with van der Waals surface area (Å²) in [5.41, 5.74) is 8.60. The number of rotatable bonds is 1. The van der Waals surface area contributed by atoms with Crippen LogP contribution in [0.3, 0.4) is 0 Å². The van der Waals surface area contributed by atoms with Crippen molar-refractivity contribution in [2.45, 2.75) is 19.3 Å². The van der Waals surface area contributed by atoms with Gasteiger partial charge in [0.2, 0.25) is 5.91 Å². The fourth-order valence-corrected chi connectivity index (χ4v) is 3.12. The highest BCUT2D eigenvalue weighted by Gasteiger charge is 2.27. The van der Waals surface area contributed by atoms with Crippen LogP contribution in [0.2, 0.25) is 10.0 Å². The number of carbonyl (C=O) groups is 1. The zero-order valence-corrected chi connectivity index (χ0v) is 11.1. The molecule has 3 nitrogen and oxygen atoms in total. The van der Waals surface area contributed by atoms with Gasteiger partial charge in [-0.25, -0.2) is 0 Å². The van der Waals surface area contributed by atoms with Crippen molar-refractivity contribution in [3.05, 3.63) is 33.4 Å². The Labute approximate surface area is 114 Å². The van der Waals surface area contributed by atoms with Crippen molar-refractivity contribution in [2.24, 2.45) is 11.7 Å². The fraction of sp³-hybridized carbons (Fsp3) is 0.308. The molecule has 18 heavy (non-hydrogen) atoms. The second-order valence-corrected chi connectivity index (χ2v) is 5.49. The van der Waals surface area contributed by atoms with E-state index in [4.69, 9.17) is 28.9 Å². The number of H-pyrrole nitrogens is 1. The smallest absolute Gasteiger partial charge is 0.220 e. The van der Waals surface area contributed by atoms with Gasteiger partial charge in [0.15, 0.2) is 0 Å². The molecule has 0 bridgehead atoms. The molecule has 0 fully saturated rings. The van der Waals surface area contributed by atoms with Crippen molar-refractivity contribution < 1.29 is 4.79 Å². The van der Waals surface area contributed by atoms with Crippen molar-refractivity contribution in [3.8, 4) is 0 Å². The number of nitrogens with two attached hydrogens (primary N) is 1. The van der Waals surface area contributed by atoms with Crippen molar-refractivity contribution in [3.63, 3.8) is 0 Å². The molecule has 1 aliphatic rings. The van der Waals surface area contributed by atoms with Crippen molar-refractivity contribution in [2.75, 3.05) is 0 Å². The van der Waals surface area contributed by atoms with E-state index in [1.807, 2.05) is 6.07 Å². The molecular formula is C13H12Cl2N2O. The van der Waals surface area contributed by atoms with Crippen LogP contribution in [-0.4, -0.2) is 10.9 Å². The number of aromatic amines is 1. The van der Waals surface area contributed by atoms with Crippen molar-refractivity contribution >= 4 is 40.0 Å². The zero-order chi connectivity index (χ0) is 12.9. The van der Waals surface area contributed by atoms with E-state index in [1.165, 1.54) is 0 Å². The predicted octanol–water partition coefficient (Wildman–Crippen LogP) is 3.06. The molecule has 0 saturated heterocycles. The van der Waals surface area contributed by atoms with Crippen LogP contribution in [0.4, 0.5) is 0 Å². The van der Waals surface area contributed by atoms with E-state index in [2.05, 4.69) is 4.98 Å². The number of fused-ring (bicyclic) bond motifs is 3. The van der Waals surface area contributed by atoms with Crippen molar-refractivity contribution in [1.82, 2.24) is 4.98 Å². The lowest BCUT2D eigenvalue weighted by Crippen LogP contribution is -2.28. The lowest BCUT2D eigenvalue weighted by Gasteiger charge is -2.19. The first-order valence-electron chi connectivity index (χ1n) is 5.84. The molecule has 1 amide bonds. The summed E-state index contributed by atoms with van der Waals surface area (Å²) >= 11 is 12.3. The van der Waals surface area contributed by atoms with Crippen LogP contribution < -0.4 is 5.73 Å². The Morgan fingerprint density at radius 3 is 2.89 bits per heavy atom. The van der Waals surface area contributed by atoms with Crippen LogP contribution in [0.15, 0.2) is 12.1 Å². The molecule has 2 aromatic rings. The number of benzene rings is 1. The van der Waals surface area contributed by atoms with Gasteiger partial charge in [-0.1, -0.05) is 23.2 Å². The van der Waals surface area contributed by atoms with E-state index in [-0.39, 0.29) is 11.8 Å². The van der Waals surface area contributed by atoms with Crippen LogP contribution in [0.1, 0.15) is 17.7 Å². The summed E-state index contributed by atoms with van der Waals surface area (Å²) in [6, 6.07) is 3.70. The third-order valence-electron chi connectivity index (χ3n) is 3.64. The number of halogens is 2. The van der Waals surface area contributed by atoms with E-state index in [0.717, 1.165) is 35.0 Å². The third-order valence-corrected chi connectivity index (χ3v) is 4.45. The lowest BCUT2D eigenvalue weighted by atomic mass is 9.86. The molecule has 0 aliphatic heterocycles. The Bertz CT molecular complexity index is 648. The second kappa shape index (κ2) is 4.18. The normalized spacial score (nSPS) is 18.9. The number of aromatic nitrogens is 1. The maximum absolute atomic E-state index is 11.3. The van der Waals surface area contributed by atoms with Gasteiger partial charge in [0.05, 0.1) is 10.0 Å². The zero-order valence-electron chi connectivity index (χ0n) is 9.59. The maximum atomic E-state index is 11.3. The monoisotopic (exact) mass is 282 g/mol. The quantitative estimate of drug-likeness (QED) is 0.830. The largest absolute Gasteiger partial charge is 0.369 e. The van der Waals surface area contributed by atoms with Crippen LogP contribution in [0.5, 0.6) is 0 Å². The summed E-state index contributed by atoms with van der Waals surface area (Å²) in [6.45, 7) is 0. The Morgan fingerprint density at radius 2 is 2.17 bits per heavy atom. The van der Waals surface area contributed by atoms with Gasteiger partial charge < -0.3 is 10.7 Å². The second-order valence-electron chi connectivity index (χ2n) is 4.71. The highest BCUT2D eigenvalue weighted by atomic mass is 35.5. The average molecular weight is 283 g/mol. The summed E-state index contributed by atoms with van der Waals surface area (Å²) in [7, 11) is 0. The highest BCUT2D eigenvalue weighted by Crippen LogP contribution is 2.38. The maximum Gasteiger partial charge on any atom is 0.220 e. The molecule has 1 heterocycles. The molecule has 3 rings (SSSR count). The third kappa shape index (κ3) is 1.70. The minimum absolute atomic E-state index is 0.105. The van der Waals surface area contributed by atoms with E-state index in [0.29, 0.717) is 16.5 Å². The molecule has 1 unspecified atom stereocenters. The Hall–Kier alpha value is -1.19. The van der Waals surface area contributed by atoms with Gasteiger partial charge in [0.1, 0.15) is 0 Å². The number of nitrogens with one attached hydrogen (secondary N) is 1. The summed E-state index contributed by atoms with van der Waals surface area (Å²) in [6.07, 6.45) is 2.26. The van der Waals surface area contributed by atoms with E-state index >= 15 is 0 Å². The lowest BCUT2D eigenvalue weighted by molar-refractivity contribution is -0.122. The SMILES string of the molecule is NC(=O)C1CCc2[nH]c3ccc(Cl)c(Cl)c3c2C1. The molecule has 0 radical (unpaired) electrons. The average Bonchev–Trinajstić information content (AvgIpc) is 2.71. The van der Waals surface area contributed by atoms with Crippen LogP contribution in [-0.2, 0) is 17.6 Å². The molecule has 94 valence electrons. The van der Waals surface area contributed by atoms with Gasteiger partial charge in [-0.2, -0.15) is 0 Å². The molecule has 5 heteroatoms. The van der Waals surface area contributed by atoms with Crippen LogP contribution in [0, 0.1) is 5.92 Å². The van der Waals surface area contributed by atoms with Gasteiger partial charge in [0, 0.05) is 22.5 Å². The first-order valence-corrected chi connectivity index (χ1v) is 6.60. The standard InChI is InChI=1S/C13H12Cl2N2O/c14-8-2-4-10-11(12(8)15)7-5-6(13(16)18)1-3-9(7)17-10/h2,4,6,17H,1,3,5H2,(H2,16,18). The summed E-state index contributed by atoms with van der Waals surface area (Å²) in [4.78, 5) is 14.7. The Kier molecular flexibility index (Phi) is 2.76. The molecule has 0 saturated carbocycles. The van der Waals surface area contributed by atoms with Gasteiger partial charge >= 0.3 is 0 Å². The van der Waals surface area contributed by atoms with E-state index in [1.54, 1.807) is 6.07 Å². The topological polar surface area (TPSA) is 58.9 Å². The van der Waals surface area contributed by atoms with Gasteiger partial charge in [-0.15, -0.1) is 0 Å². The summed E-state index contributed by atoms with van der Waals surface area (Å²) in [5, 5.41) is 2.02. The summed E-state index contributed by atoms with van der Waals surface area (Å²) < 4.78 is 0. The number of carbonyl (C=O) groups excluding carboxylic acids is 1. The molecule has 1 aliphatic carbocycles. The minimum atomic E-state index is -0.242. The molecular weight excluding hydrogens is 271 g/mol. The first-order chi connectivity index (χ1) is 8.58. The predicted molar refractivity (Wildman–Crippen MR) is 73.0 cm³/mol. The van der Waals surface area contributed by atoms with Gasteiger partial charge in [-0.05, 0) is 37.0 Å². The van der Waals surface area contributed by atoms with E-state index in [9.17, 15) is 4.79 Å². The van der Waals surface area contributed by atoms with Crippen LogP contribution >= 0.6 is 23.2 Å². The van der Waals surface area contributed by atoms with Gasteiger partial charge in [0.25, 0.3) is 0 Å². The fourth-order valence-electron chi connectivity index (χ4n) is 2.69. The number of aryl methyl sites for hydroxylation is 1. The molecule has 3 N–H and O–H groups in total. The van der Waals surface area contributed by atoms with Crippen LogP contribution in [0.25, 0.3) is 10.9 Å². The number of hydrogen-bond acceptors (Lipinski definition) is 1.